The minimum Gasteiger partial charge on any atom is -0.492 e. The fraction of sp³-hybridized carbons (Fsp3) is 0.600. The third-order valence-corrected chi connectivity index (χ3v) is 3.93. The smallest absolute Gasteiger partial charge is 0.127 e. The maximum Gasteiger partial charge on any atom is 0.127 e. The van der Waals surface area contributed by atoms with Crippen LogP contribution in [0.25, 0.3) is 0 Å². The first-order valence-electron chi connectivity index (χ1n) is 7.20. The molecule has 0 spiro atoms. The number of fused-ring (bicyclic) bond motifs is 1. The summed E-state index contributed by atoms with van der Waals surface area (Å²) >= 11 is 0. The van der Waals surface area contributed by atoms with E-state index in [4.69, 9.17) is 15.2 Å². The van der Waals surface area contributed by atoms with E-state index in [0.717, 1.165) is 30.2 Å². The number of benzene rings is 1. The first-order chi connectivity index (χ1) is 9.33. The van der Waals surface area contributed by atoms with Crippen molar-refractivity contribution in [3.8, 4) is 11.5 Å². The Balaban J connectivity index is 1.50. The lowest BCUT2D eigenvalue weighted by Crippen LogP contribution is -2.33. The van der Waals surface area contributed by atoms with Gasteiger partial charge in [0.15, 0.2) is 0 Å². The van der Waals surface area contributed by atoms with Crippen LogP contribution in [0.4, 0.5) is 0 Å². The van der Waals surface area contributed by atoms with E-state index in [0.29, 0.717) is 6.61 Å². The Kier molecular flexibility index (Phi) is 3.89. The van der Waals surface area contributed by atoms with Gasteiger partial charge in [-0.2, -0.15) is 0 Å². The van der Waals surface area contributed by atoms with Gasteiger partial charge in [0, 0.05) is 18.2 Å². The zero-order valence-corrected chi connectivity index (χ0v) is 11.3. The van der Waals surface area contributed by atoms with Gasteiger partial charge in [0.1, 0.15) is 24.7 Å². The summed E-state index contributed by atoms with van der Waals surface area (Å²) in [6, 6.07) is 5.97. The molecule has 3 rings (SSSR count). The van der Waals surface area contributed by atoms with Crippen molar-refractivity contribution in [2.75, 3.05) is 32.8 Å². The van der Waals surface area contributed by atoms with Crippen molar-refractivity contribution in [1.82, 2.24) is 4.90 Å². The van der Waals surface area contributed by atoms with Gasteiger partial charge >= 0.3 is 0 Å². The lowest BCUT2D eigenvalue weighted by molar-refractivity contribution is 0.183. The third-order valence-electron chi connectivity index (χ3n) is 3.93. The molecule has 1 saturated heterocycles. The molecule has 4 heteroatoms. The molecule has 0 bridgehead atoms. The number of ether oxygens (including phenoxy) is 2. The molecule has 1 atom stereocenters. The molecule has 1 aromatic rings. The minimum absolute atomic E-state index is 0.0115. The Labute approximate surface area is 114 Å². The van der Waals surface area contributed by atoms with Crippen LogP contribution in [0.5, 0.6) is 11.5 Å². The first-order valence-corrected chi connectivity index (χ1v) is 7.20. The van der Waals surface area contributed by atoms with Crippen LogP contribution in [0.3, 0.4) is 0 Å². The summed E-state index contributed by atoms with van der Waals surface area (Å²) < 4.78 is 11.3. The number of hydrogen-bond donors (Lipinski definition) is 1. The molecular formula is C15H22N2O2. The Hall–Kier alpha value is -1.26. The largest absolute Gasteiger partial charge is 0.492 e. The van der Waals surface area contributed by atoms with E-state index in [2.05, 4.69) is 4.90 Å². The molecule has 104 valence electrons. The van der Waals surface area contributed by atoms with E-state index in [1.165, 1.54) is 32.4 Å². The lowest BCUT2D eigenvalue weighted by atomic mass is 10.1. The predicted molar refractivity (Wildman–Crippen MR) is 74.7 cm³/mol. The highest BCUT2D eigenvalue weighted by atomic mass is 16.5. The van der Waals surface area contributed by atoms with E-state index in [1.807, 2.05) is 18.2 Å². The molecule has 1 fully saturated rings. The molecule has 2 heterocycles. The fourth-order valence-electron chi connectivity index (χ4n) is 2.78. The molecule has 0 aliphatic carbocycles. The second kappa shape index (κ2) is 5.80. The summed E-state index contributed by atoms with van der Waals surface area (Å²) in [6.45, 7) is 4.76. The van der Waals surface area contributed by atoms with Crippen LogP contribution in [0.1, 0.15) is 30.9 Å². The van der Waals surface area contributed by atoms with Crippen molar-refractivity contribution >= 4 is 0 Å². The van der Waals surface area contributed by atoms with Gasteiger partial charge in [0.05, 0.1) is 6.04 Å². The Morgan fingerprint density at radius 1 is 1.26 bits per heavy atom. The highest BCUT2D eigenvalue weighted by Crippen LogP contribution is 2.33. The number of likely N-dealkylation sites (tertiary alicyclic amines) is 1. The van der Waals surface area contributed by atoms with E-state index in [-0.39, 0.29) is 6.04 Å². The molecule has 0 saturated carbocycles. The van der Waals surface area contributed by atoms with Crippen LogP contribution < -0.4 is 15.2 Å². The molecule has 4 nitrogen and oxygen atoms in total. The van der Waals surface area contributed by atoms with Gasteiger partial charge in [0.2, 0.25) is 0 Å². The van der Waals surface area contributed by atoms with Gasteiger partial charge in [-0.3, -0.25) is 4.90 Å². The summed E-state index contributed by atoms with van der Waals surface area (Å²) in [5.74, 6) is 1.76. The zero-order chi connectivity index (χ0) is 13.1. The van der Waals surface area contributed by atoms with Crippen LogP contribution in [0.15, 0.2) is 18.2 Å². The summed E-state index contributed by atoms with van der Waals surface area (Å²) in [5, 5.41) is 0. The molecule has 2 N–H and O–H groups in total. The van der Waals surface area contributed by atoms with Gasteiger partial charge in [-0.1, -0.05) is 6.42 Å². The fourth-order valence-corrected chi connectivity index (χ4v) is 2.78. The second-order valence-corrected chi connectivity index (χ2v) is 5.37. The Morgan fingerprint density at radius 2 is 2.11 bits per heavy atom. The lowest BCUT2D eigenvalue weighted by Gasteiger charge is -2.26. The van der Waals surface area contributed by atoms with Gasteiger partial charge in [-0.05, 0) is 38.1 Å². The Bertz CT molecular complexity index is 430. The van der Waals surface area contributed by atoms with Crippen LogP contribution >= 0.6 is 0 Å². The van der Waals surface area contributed by atoms with Crippen molar-refractivity contribution in [2.24, 2.45) is 5.73 Å². The number of rotatable bonds is 4. The quantitative estimate of drug-likeness (QED) is 0.901. The molecule has 0 amide bonds. The maximum atomic E-state index is 5.92. The molecule has 1 unspecified atom stereocenters. The van der Waals surface area contributed by atoms with Gasteiger partial charge in [-0.15, -0.1) is 0 Å². The third kappa shape index (κ3) is 3.01. The van der Waals surface area contributed by atoms with Crippen LogP contribution in [0, 0.1) is 0 Å². The monoisotopic (exact) mass is 262 g/mol. The van der Waals surface area contributed by atoms with Crippen LogP contribution in [-0.2, 0) is 0 Å². The van der Waals surface area contributed by atoms with Gasteiger partial charge < -0.3 is 15.2 Å². The van der Waals surface area contributed by atoms with Crippen molar-refractivity contribution in [3.63, 3.8) is 0 Å². The molecule has 2 aliphatic heterocycles. The number of nitrogens with two attached hydrogens (primary N) is 1. The molecule has 2 aliphatic rings. The van der Waals surface area contributed by atoms with Crippen molar-refractivity contribution in [2.45, 2.75) is 25.3 Å². The normalized spacial score (nSPS) is 22.9. The average molecular weight is 262 g/mol. The van der Waals surface area contributed by atoms with Crippen LogP contribution in [-0.4, -0.2) is 37.7 Å². The molecule has 0 radical (unpaired) electrons. The standard InChI is InChI=1S/C15H22N2O2/c16-14-11-19-15-10-12(4-5-13(14)15)18-9-8-17-6-2-1-3-7-17/h4-5,10,14H,1-3,6-9,11,16H2. The van der Waals surface area contributed by atoms with E-state index >= 15 is 0 Å². The molecule has 19 heavy (non-hydrogen) atoms. The molecule has 1 aromatic carbocycles. The highest BCUT2D eigenvalue weighted by molar-refractivity contribution is 5.44. The van der Waals surface area contributed by atoms with Gasteiger partial charge in [-0.25, -0.2) is 0 Å². The maximum absolute atomic E-state index is 5.92. The topological polar surface area (TPSA) is 47.7 Å². The summed E-state index contributed by atoms with van der Waals surface area (Å²) in [6.07, 6.45) is 4.02. The summed E-state index contributed by atoms with van der Waals surface area (Å²) in [4.78, 5) is 2.48. The number of piperidine rings is 1. The highest BCUT2D eigenvalue weighted by Gasteiger charge is 2.20. The molecular weight excluding hydrogens is 240 g/mol. The van der Waals surface area contributed by atoms with Crippen molar-refractivity contribution < 1.29 is 9.47 Å². The van der Waals surface area contributed by atoms with Crippen LogP contribution in [0.2, 0.25) is 0 Å². The van der Waals surface area contributed by atoms with E-state index in [9.17, 15) is 0 Å². The SMILES string of the molecule is NC1COc2cc(OCCN3CCCCC3)ccc21. The summed E-state index contributed by atoms with van der Waals surface area (Å²) in [5.41, 5.74) is 7.01. The van der Waals surface area contributed by atoms with Crippen molar-refractivity contribution in [1.29, 1.82) is 0 Å². The van der Waals surface area contributed by atoms with Gasteiger partial charge in [0.25, 0.3) is 0 Å². The first kappa shape index (κ1) is 12.8. The predicted octanol–water partition coefficient (Wildman–Crippen LogP) is 1.94. The minimum atomic E-state index is 0.0115. The van der Waals surface area contributed by atoms with E-state index < -0.39 is 0 Å². The molecule has 0 aromatic heterocycles. The number of nitrogens with zero attached hydrogens (tertiary/aromatic N) is 1. The zero-order valence-electron chi connectivity index (χ0n) is 11.3. The second-order valence-electron chi connectivity index (χ2n) is 5.37. The average Bonchev–Trinajstić information content (AvgIpc) is 2.81. The number of hydrogen-bond acceptors (Lipinski definition) is 4. The van der Waals surface area contributed by atoms with E-state index in [1.54, 1.807) is 0 Å². The summed E-state index contributed by atoms with van der Waals surface area (Å²) in [7, 11) is 0. The van der Waals surface area contributed by atoms with Crippen molar-refractivity contribution in [3.05, 3.63) is 23.8 Å². The Morgan fingerprint density at radius 3 is 2.95 bits per heavy atom.